The van der Waals surface area contributed by atoms with Crippen molar-refractivity contribution in [3.63, 3.8) is 0 Å². The van der Waals surface area contributed by atoms with Gasteiger partial charge in [-0.1, -0.05) is 12.1 Å². The van der Waals surface area contributed by atoms with Crippen LogP contribution < -0.4 is 20.2 Å². The summed E-state index contributed by atoms with van der Waals surface area (Å²) in [5.74, 6) is -0.815. The quantitative estimate of drug-likeness (QED) is 0.731. The van der Waals surface area contributed by atoms with Crippen molar-refractivity contribution in [3.05, 3.63) is 64.4 Å². The third-order valence-electron chi connectivity index (χ3n) is 3.67. The highest BCUT2D eigenvalue weighted by molar-refractivity contribution is 6.05. The molecule has 134 valence electrons. The zero-order valence-electron chi connectivity index (χ0n) is 13.6. The zero-order valence-corrected chi connectivity index (χ0v) is 13.6. The largest absolute Gasteiger partial charge is 0.493 e. The first-order valence-electron chi connectivity index (χ1n) is 7.54. The number of alkyl halides is 2. The molecular formula is C18H14F2N2O4. The number of amides is 1. The van der Waals surface area contributed by atoms with Crippen LogP contribution in [0.5, 0.6) is 11.5 Å². The van der Waals surface area contributed by atoms with Crippen molar-refractivity contribution in [1.82, 2.24) is 4.98 Å². The fourth-order valence-electron chi connectivity index (χ4n) is 2.48. The third kappa shape index (κ3) is 3.49. The number of rotatable bonds is 5. The predicted octanol–water partition coefficient (Wildman–Crippen LogP) is 3.39. The highest BCUT2D eigenvalue weighted by Crippen LogP contribution is 2.31. The van der Waals surface area contributed by atoms with Crippen LogP contribution in [0, 0.1) is 0 Å². The summed E-state index contributed by atoms with van der Waals surface area (Å²) in [7, 11) is 1.31. The number of hydrogen-bond acceptors (Lipinski definition) is 4. The Hall–Kier alpha value is -3.42. The Morgan fingerprint density at radius 1 is 1.15 bits per heavy atom. The zero-order chi connectivity index (χ0) is 18.7. The van der Waals surface area contributed by atoms with Crippen LogP contribution in [0.2, 0.25) is 0 Å². The molecule has 0 aliphatic heterocycles. The van der Waals surface area contributed by atoms with E-state index in [-0.39, 0.29) is 22.7 Å². The molecule has 0 saturated heterocycles. The number of carbonyl (C=O) groups is 1. The van der Waals surface area contributed by atoms with E-state index in [0.29, 0.717) is 10.9 Å². The Morgan fingerprint density at radius 2 is 1.92 bits per heavy atom. The van der Waals surface area contributed by atoms with Gasteiger partial charge in [-0.3, -0.25) is 9.59 Å². The molecule has 0 bridgehead atoms. The third-order valence-corrected chi connectivity index (χ3v) is 3.67. The summed E-state index contributed by atoms with van der Waals surface area (Å²) < 4.78 is 34.3. The number of benzene rings is 2. The summed E-state index contributed by atoms with van der Waals surface area (Å²) in [6.45, 7) is -3.04. The number of aromatic amines is 1. The number of aromatic nitrogens is 1. The lowest BCUT2D eigenvalue weighted by atomic mass is 10.1. The van der Waals surface area contributed by atoms with Crippen LogP contribution in [0.15, 0.2) is 53.5 Å². The molecule has 0 atom stereocenters. The summed E-state index contributed by atoms with van der Waals surface area (Å²) in [5, 5.41) is 2.86. The topological polar surface area (TPSA) is 80.4 Å². The van der Waals surface area contributed by atoms with Crippen LogP contribution in [0.25, 0.3) is 10.9 Å². The molecule has 1 aromatic heterocycles. The summed E-state index contributed by atoms with van der Waals surface area (Å²) in [6, 6.07) is 10.8. The molecule has 0 aliphatic rings. The van der Waals surface area contributed by atoms with E-state index in [2.05, 4.69) is 15.0 Å². The van der Waals surface area contributed by atoms with Crippen molar-refractivity contribution in [2.45, 2.75) is 6.61 Å². The molecule has 0 spiro atoms. The van der Waals surface area contributed by atoms with Gasteiger partial charge in [0.05, 0.1) is 7.11 Å². The van der Waals surface area contributed by atoms with Crippen molar-refractivity contribution in [3.8, 4) is 11.5 Å². The van der Waals surface area contributed by atoms with Crippen molar-refractivity contribution < 1.29 is 23.0 Å². The lowest BCUT2D eigenvalue weighted by Crippen LogP contribution is -2.22. The SMILES string of the molecule is COc1ccc(NC(=O)c2c[nH]c3ccccc3c2=O)cc1OC(F)F. The fourth-order valence-corrected chi connectivity index (χ4v) is 2.48. The van der Waals surface area contributed by atoms with Gasteiger partial charge in [-0.15, -0.1) is 0 Å². The number of hydrogen-bond donors (Lipinski definition) is 2. The number of methoxy groups -OCH3 is 1. The van der Waals surface area contributed by atoms with Crippen LogP contribution >= 0.6 is 0 Å². The van der Waals surface area contributed by atoms with Crippen molar-refractivity contribution in [2.75, 3.05) is 12.4 Å². The van der Waals surface area contributed by atoms with E-state index < -0.39 is 17.9 Å². The predicted molar refractivity (Wildman–Crippen MR) is 92.1 cm³/mol. The lowest BCUT2D eigenvalue weighted by molar-refractivity contribution is -0.0511. The number of carbonyl (C=O) groups excluding carboxylic acids is 1. The summed E-state index contributed by atoms with van der Waals surface area (Å²) in [4.78, 5) is 27.7. The number of anilines is 1. The molecule has 1 heterocycles. The number of pyridine rings is 1. The number of ether oxygens (including phenoxy) is 2. The number of H-pyrrole nitrogens is 1. The first-order valence-corrected chi connectivity index (χ1v) is 7.54. The molecule has 6 nitrogen and oxygen atoms in total. The first-order chi connectivity index (χ1) is 12.5. The van der Waals surface area contributed by atoms with Crippen LogP contribution in [0.1, 0.15) is 10.4 Å². The van der Waals surface area contributed by atoms with Gasteiger partial charge in [0.2, 0.25) is 5.43 Å². The molecule has 0 aliphatic carbocycles. The molecule has 1 amide bonds. The van der Waals surface area contributed by atoms with E-state index in [1.165, 1.54) is 31.5 Å². The van der Waals surface area contributed by atoms with Crippen LogP contribution in [-0.4, -0.2) is 24.6 Å². The van der Waals surface area contributed by atoms with Gasteiger partial charge in [0, 0.05) is 28.9 Å². The molecule has 26 heavy (non-hydrogen) atoms. The second-order valence-corrected chi connectivity index (χ2v) is 5.28. The Bertz CT molecular complexity index is 1020. The molecule has 0 radical (unpaired) electrons. The maximum atomic E-state index is 12.5. The number of para-hydroxylation sites is 1. The van der Waals surface area contributed by atoms with Gasteiger partial charge in [-0.05, 0) is 24.3 Å². The number of nitrogens with one attached hydrogen (secondary N) is 2. The minimum absolute atomic E-state index is 0.0897. The van der Waals surface area contributed by atoms with E-state index >= 15 is 0 Å². The van der Waals surface area contributed by atoms with E-state index in [1.807, 2.05) is 0 Å². The standard InChI is InChI=1S/C18H14F2N2O4/c1-25-14-7-6-10(8-15(14)26-18(19)20)22-17(24)12-9-21-13-5-3-2-4-11(13)16(12)23/h2-9,18H,1H3,(H,21,23)(H,22,24). The lowest BCUT2D eigenvalue weighted by Gasteiger charge is -2.12. The van der Waals surface area contributed by atoms with Crippen LogP contribution in [-0.2, 0) is 0 Å². The van der Waals surface area contributed by atoms with Crippen molar-refractivity contribution in [1.29, 1.82) is 0 Å². The molecule has 2 N–H and O–H groups in total. The van der Waals surface area contributed by atoms with E-state index in [1.54, 1.807) is 24.3 Å². The first kappa shape index (κ1) is 17.4. The van der Waals surface area contributed by atoms with Crippen molar-refractivity contribution in [2.24, 2.45) is 0 Å². The summed E-state index contributed by atoms with van der Waals surface area (Å²) in [5.41, 5.74) is 0.246. The normalized spacial score (nSPS) is 10.8. The molecule has 2 aromatic carbocycles. The van der Waals surface area contributed by atoms with Crippen LogP contribution in [0.3, 0.4) is 0 Å². The van der Waals surface area contributed by atoms with Gasteiger partial charge < -0.3 is 19.8 Å². The molecule has 0 fully saturated rings. The van der Waals surface area contributed by atoms with Gasteiger partial charge in [0.25, 0.3) is 5.91 Å². The molecule has 0 saturated carbocycles. The molecule has 8 heteroatoms. The highest BCUT2D eigenvalue weighted by atomic mass is 19.3. The molecule has 0 unspecified atom stereocenters. The van der Waals surface area contributed by atoms with Gasteiger partial charge in [0.15, 0.2) is 11.5 Å². The minimum atomic E-state index is -3.04. The average molecular weight is 360 g/mol. The second kappa shape index (κ2) is 7.22. The Balaban J connectivity index is 1.91. The summed E-state index contributed by atoms with van der Waals surface area (Å²) in [6.07, 6.45) is 1.31. The smallest absolute Gasteiger partial charge is 0.387 e. The Kier molecular flexibility index (Phi) is 4.83. The van der Waals surface area contributed by atoms with E-state index in [9.17, 15) is 18.4 Å². The monoisotopic (exact) mass is 360 g/mol. The maximum Gasteiger partial charge on any atom is 0.387 e. The fraction of sp³-hybridized carbons (Fsp3) is 0.111. The van der Waals surface area contributed by atoms with Crippen LogP contribution in [0.4, 0.5) is 14.5 Å². The average Bonchev–Trinajstić information content (AvgIpc) is 2.62. The molecule has 3 rings (SSSR count). The maximum absolute atomic E-state index is 12.5. The Labute approximate surface area is 146 Å². The highest BCUT2D eigenvalue weighted by Gasteiger charge is 2.16. The molecular weight excluding hydrogens is 346 g/mol. The minimum Gasteiger partial charge on any atom is -0.493 e. The van der Waals surface area contributed by atoms with Gasteiger partial charge >= 0.3 is 6.61 Å². The van der Waals surface area contributed by atoms with E-state index in [4.69, 9.17) is 4.74 Å². The Morgan fingerprint density at radius 3 is 2.65 bits per heavy atom. The molecule has 3 aromatic rings. The van der Waals surface area contributed by atoms with Gasteiger partial charge in [-0.25, -0.2) is 0 Å². The van der Waals surface area contributed by atoms with E-state index in [0.717, 1.165) is 0 Å². The van der Waals surface area contributed by atoms with Gasteiger partial charge in [0.1, 0.15) is 5.56 Å². The summed E-state index contributed by atoms with van der Waals surface area (Å²) >= 11 is 0. The van der Waals surface area contributed by atoms with Crippen molar-refractivity contribution >= 4 is 22.5 Å². The van der Waals surface area contributed by atoms with Gasteiger partial charge in [-0.2, -0.15) is 8.78 Å². The number of fused-ring (bicyclic) bond motifs is 1. The number of halogens is 2. The second-order valence-electron chi connectivity index (χ2n) is 5.28.